The van der Waals surface area contributed by atoms with Crippen LogP contribution in [0, 0.1) is 0 Å². The van der Waals surface area contributed by atoms with Gasteiger partial charge in [-0.1, -0.05) is 38.1 Å². The number of likely N-dealkylation sites (tertiary alicyclic amines) is 1. The zero-order valence-electron chi connectivity index (χ0n) is 17.1. The predicted molar refractivity (Wildman–Crippen MR) is 123 cm³/mol. The summed E-state index contributed by atoms with van der Waals surface area (Å²) < 4.78 is 0. The van der Waals surface area contributed by atoms with E-state index in [1.165, 1.54) is 35.1 Å². The highest BCUT2D eigenvalue weighted by atomic mass is 32.2. The molecule has 2 amide bonds. The maximum absolute atomic E-state index is 12.5. The lowest BCUT2D eigenvalue weighted by Crippen LogP contribution is -2.44. The van der Waals surface area contributed by atoms with E-state index < -0.39 is 0 Å². The van der Waals surface area contributed by atoms with Gasteiger partial charge in [0.15, 0.2) is 5.13 Å². The molecule has 1 fully saturated rings. The van der Waals surface area contributed by atoms with Gasteiger partial charge in [0, 0.05) is 23.5 Å². The number of aromatic nitrogens is 1. The average molecular weight is 432 g/mol. The minimum Gasteiger partial charge on any atom is -0.339 e. The number of nitrogens with zero attached hydrogens (tertiary/aromatic N) is 2. The van der Waals surface area contributed by atoms with Crippen LogP contribution in [-0.4, -0.2) is 45.8 Å². The highest BCUT2D eigenvalue weighted by Crippen LogP contribution is 2.25. The summed E-state index contributed by atoms with van der Waals surface area (Å²) in [6, 6.07) is 8.69. The van der Waals surface area contributed by atoms with Crippen molar-refractivity contribution in [1.82, 2.24) is 9.88 Å². The van der Waals surface area contributed by atoms with Crippen LogP contribution in [0.5, 0.6) is 0 Å². The topological polar surface area (TPSA) is 62.3 Å². The maximum Gasteiger partial charge on any atom is 0.236 e. The van der Waals surface area contributed by atoms with Crippen molar-refractivity contribution in [2.24, 2.45) is 0 Å². The van der Waals surface area contributed by atoms with Crippen LogP contribution in [0.1, 0.15) is 45.1 Å². The Hall–Kier alpha value is -1.86. The van der Waals surface area contributed by atoms with Crippen LogP contribution in [0.2, 0.25) is 0 Å². The summed E-state index contributed by atoms with van der Waals surface area (Å²) in [6.07, 6.45) is 5.40. The first-order valence-corrected chi connectivity index (χ1v) is 12.4. The minimum absolute atomic E-state index is 0.115. The zero-order valence-corrected chi connectivity index (χ0v) is 18.8. The molecular weight excluding hydrogens is 402 g/mol. The number of thioether (sulfide) groups is 1. The fraction of sp³-hybridized carbons (Fsp3) is 0.500. The second-order valence-corrected chi connectivity index (χ2v) is 9.12. The van der Waals surface area contributed by atoms with Crippen LogP contribution < -0.4 is 5.32 Å². The minimum atomic E-state index is -0.115. The number of hydrogen-bond acceptors (Lipinski definition) is 5. The highest BCUT2D eigenvalue weighted by Gasteiger charge is 2.25. The van der Waals surface area contributed by atoms with Crippen molar-refractivity contribution in [3.63, 3.8) is 0 Å². The monoisotopic (exact) mass is 431 g/mol. The van der Waals surface area contributed by atoms with Gasteiger partial charge in [-0.05, 0) is 37.7 Å². The molecule has 1 aliphatic heterocycles. The molecule has 1 N–H and O–H groups in total. The van der Waals surface area contributed by atoms with Gasteiger partial charge in [0.25, 0.3) is 0 Å². The number of benzene rings is 1. The molecule has 29 heavy (non-hydrogen) atoms. The lowest BCUT2D eigenvalue weighted by atomic mass is 10.0. The molecule has 0 radical (unpaired) electrons. The van der Waals surface area contributed by atoms with Gasteiger partial charge in [0.2, 0.25) is 11.8 Å². The Balaban J connectivity index is 1.45. The van der Waals surface area contributed by atoms with Crippen molar-refractivity contribution in [3.05, 3.63) is 35.2 Å². The summed E-state index contributed by atoms with van der Waals surface area (Å²) in [5, 5.41) is 5.40. The number of nitrogens with one attached hydrogen (secondary N) is 1. The fourth-order valence-electron chi connectivity index (χ4n) is 3.60. The number of anilines is 1. The smallest absolute Gasteiger partial charge is 0.236 e. The lowest BCUT2D eigenvalue weighted by molar-refractivity contribution is -0.132. The van der Waals surface area contributed by atoms with E-state index in [1.54, 1.807) is 0 Å². The standard InChI is InChI=1S/C22H29N3O2S2/c1-3-16-8-10-17(11-9-16)19-13-29-22(23-19)24-20(26)14-28-15-21(27)25-12-6-5-7-18(25)4-2/h8-11,13,18H,3-7,12,14-15H2,1-2H3,(H,23,24,26). The molecule has 0 aliphatic carbocycles. The quantitative estimate of drug-likeness (QED) is 0.650. The third-order valence-electron chi connectivity index (χ3n) is 5.29. The normalized spacial score (nSPS) is 16.6. The zero-order chi connectivity index (χ0) is 20.6. The second kappa shape index (κ2) is 10.8. The molecule has 156 valence electrons. The van der Waals surface area contributed by atoms with E-state index >= 15 is 0 Å². The van der Waals surface area contributed by atoms with Crippen molar-refractivity contribution in [2.45, 2.75) is 52.0 Å². The van der Waals surface area contributed by atoms with Gasteiger partial charge < -0.3 is 10.2 Å². The predicted octanol–water partition coefficient (Wildman–Crippen LogP) is 4.84. The van der Waals surface area contributed by atoms with Gasteiger partial charge in [-0.2, -0.15) is 0 Å². The van der Waals surface area contributed by atoms with Gasteiger partial charge in [-0.3, -0.25) is 9.59 Å². The van der Waals surface area contributed by atoms with Gasteiger partial charge in [-0.25, -0.2) is 4.98 Å². The van der Waals surface area contributed by atoms with E-state index in [4.69, 9.17) is 0 Å². The van der Waals surface area contributed by atoms with Crippen LogP contribution in [0.4, 0.5) is 5.13 Å². The Morgan fingerprint density at radius 2 is 2.00 bits per heavy atom. The SMILES string of the molecule is CCc1ccc(-c2csc(NC(=O)CSCC(=O)N3CCCCC3CC)n2)cc1. The van der Waals surface area contributed by atoms with E-state index in [-0.39, 0.29) is 17.6 Å². The molecule has 7 heteroatoms. The average Bonchev–Trinajstić information content (AvgIpc) is 3.22. The second-order valence-electron chi connectivity index (χ2n) is 7.27. The van der Waals surface area contributed by atoms with E-state index in [0.29, 0.717) is 16.9 Å². The number of carbonyl (C=O) groups is 2. The molecule has 1 aromatic carbocycles. The molecule has 1 unspecified atom stereocenters. The molecule has 1 saturated heterocycles. The van der Waals surface area contributed by atoms with Crippen molar-refractivity contribution in [3.8, 4) is 11.3 Å². The third-order valence-corrected chi connectivity index (χ3v) is 6.96. The molecule has 2 aromatic rings. The van der Waals surface area contributed by atoms with Crippen molar-refractivity contribution >= 4 is 40.0 Å². The lowest BCUT2D eigenvalue weighted by Gasteiger charge is -2.35. The molecule has 5 nitrogen and oxygen atoms in total. The molecule has 3 rings (SSSR count). The molecule has 1 aliphatic rings. The van der Waals surface area contributed by atoms with Crippen LogP contribution >= 0.6 is 23.1 Å². The molecular formula is C22H29N3O2S2. The first kappa shape index (κ1) is 21.8. The maximum atomic E-state index is 12.5. The Labute approximate surface area is 181 Å². The number of rotatable bonds is 8. The molecule has 1 atom stereocenters. The first-order valence-electron chi connectivity index (χ1n) is 10.3. The highest BCUT2D eigenvalue weighted by molar-refractivity contribution is 8.00. The third kappa shape index (κ3) is 6.06. The van der Waals surface area contributed by atoms with Crippen molar-refractivity contribution in [1.29, 1.82) is 0 Å². The molecule has 1 aromatic heterocycles. The first-order chi connectivity index (χ1) is 14.1. The molecule has 0 saturated carbocycles. The van der Waals surface area contributed by atoms with E-state index in [2.05, 4.69) is 48.4 Å². The summed E-state index contributed by atoms with van der Waals surface area (Å²) in [5.41, 5.74) is 3.20. The van der Waals surface area contributed by atoms with Crippen LogP contribution in [0.15, 0.2) is 29.6 Å². The van der Waals surface area contributed by atoms with E-state index in [9.17, 15) is 9.59 Å². The summed E-state index contributed by atoms with van der Waals surface area (Å²) in [7, 11) is 0. The number of carbonyl (C=O) groups excluding carboxylic acids is 2. The van der Waals surface area contributed by atoms with Crippen LogP contribution in [0.3, 0.4) is 0 Å². The number of amides is 2. The Morgan fingerprint density at radius 3 is 2.72 bits per heavy atom. The summed E-state index contributed by atoms with van der Waals surface area (Å²) >= 11 is 2.80. The van der Waals surface area contributed by atoms with Gasteiger partial charge in [-0.15, -0.1) is 23.1 Å². The molecule has 2 heterocycles. The number of thiazole rings is 1. The van der Waals surface area contributed by atoms with Gasteiger partial charge in [0.1, 0.15) is 0 Å². The van der Waals surface area contributed by atoms with Crippen LogP contribution in [0.25, 0.3) is 11.3 Å². The molecule has 0 spiro atoms. The Bertz CT molecular complexity index is 820. The van der Waals surface area contributed by atoms with Crippen molar-refractivity contribution < 1.29 is 9.59 Å². The Morgan fingerprint density at radius 1 is 1.21 bits per heavy atom. The van der Waals surface area contributed by atoms with Gasteiger partial charge in [0.05, 0.1) is 17.2 Å². The number of hydrogen-bond donors (Lipinski definition) is 1. The molecule has 0 bridgehead atoms. The Kier molecular flexibility index (Phi) is 8.12. The van der Waals surface area contributed by atoms with Crippen LogP contribution in [-0.2, 0) is 16.0 Å². The van der Waals surface area contributed by atoms with E-state index in [0.717, 1.165) is 43.5 Å². The fourth-order valence-corrected chi connectivity index (χ4v) is 5.03. The summed E-state index contributed by atoms with van der Waals surface area (Å²) in [4.78, 5) is 31.2. The number of aryl methyl sites for hydroxylation is 1. The van der Waals surface area contributed by atoms with Gasteiger partial charge >= 0.3 is 0 Å². The number of piperidine rings is 1. The summed E-state index contributed by atoms with van der Waals surface area (Å²) in [5.74, 6) is 0.657. The van der Waals surface area contributed by atoms with Crippen molar-refractivity contribution in [2.75, 3.05) is 23.4 Å². The van der Waals surface area contributed by atoms with E-state index in [1.807, 2.05) is 10.3 Å². The summed E-state index contributed by atoms with van der Waals surface area (Å²) in [6.45, 7) is 5.12. The largest absolute Gasteiger partial charge is 0.339 e.